The van der Waals surface area contributed by atoms with E-state index in [9.17, 15) is 10.1 Å². The average Bonchev–Trinajstić information content (AvgIpc) is 2.03. The van der Waals surface area contributed by atoms with Crippen LogP contribution >= 0.6 is 0 Å². The number of nitrogens with one attached hydrogen (secondary N) is 1. The van der Waals surface area contributed by atoms with Crippen molar-refractivity contribution in [1.29, 1.82) is 0 Å². The Morgan fingerprint density at radius 2 is 2.33 bits per heavy atom. The molecule has 0 bridgehead atoms. The van der Waals surface area contributed by atoms with Crippen molar-refractivity contribution < 1.29 is 4.92 Å². The van der Waals surface area contributed by atoms with Crippen LogP contribution in [0.2, 0.25) is 0 Å². The second-order valence-corrected chi connectivity index (χ2v) is 1.87. The van der Waals surface area contributed by atoms with Gasteiger partial charge in [-0.15, -0.1) is 0 Å². The largest absolute Gasteiger partial charge is 0.378 e. The number of nitrogens with two attached hydrogens (primary N) is 2. The van der Waals surface area contributed by atoms with Crippen molar-refractivity contribution in [1.82, 2.24) is 9.97 Å². The number of anilines is 2. The normalized spacial score (nSPS) is 9.42. The van der Waals surface area contributed by atoms with Gasteiger partial charge in [0.25, 0.3) is 0 Å². The Kier molecular flexibility index (Phi) is 2.01. The van der Waals surface area contributed by atoms with Gasteiger partial charge in [-0.05, 0) is 0 Å². The quantitative estimate of drug-likeness (QED) is 0.302. The monoisotopic (exact) mass is 170 g/mol. The molecule has 0 saturated heterocycles. The summed E-state index contributed by atoms with van der Waals surface area (Å²) in [6, 6.07) is 0. The fourth-order valence-electron chi connectivity index (χ4n) is 0.599. The molecule has 1 aromatic rings. The minimum Gasteiger partial charge on any atom is -0.378 e. The van der Waals surface area contributed by atoms with Gasteiger partial charge in [0.2, 0.25) is 11.8 Å². The molecule has 0 amide bonds. The van der Waals surface area contributed by atoms with Crippen LogP contribution in [0.5, 0.6) is 0 Å². The summed E-state index contributed by atoms with van der Waals surface area (Å²) in [5, 5.41) is 10.2. The number of hydrazine groups is 1. The van der Waals surface area contributed by atoms with Crippen LogP contribution in [0.1, 0.15) is 0 Å². The van der Waals surface area contributed by atoms with Gasteiger partial charge in [0.1, 0.15) is 6.20 Å². The third-order valence-corrected chi connectivity index (χ3v) is 1.12. The highest BCUT2D eigenvalue weighted by molar-refractivity contribution is 5.52. The summed E-state index contributed by atoms with van der Waals surface area (Å²) in [5.74, 6) is 4.76. The topological polar surface area (TPSA) is 133 Å². The van der Waals surface area contributed by atoms with Gasteiger partial charge in [0.05, 0.1) is 4.92 Å². The smallest absolute Gasteiger partial charge is 0.329 e. The summed E-state index contributed by atoms with van der Waals surface area (Å²) in [7, 11) is 0. The minimum atomic E-state index is -0.671. The summed E-state index contributed by atoms with van der Waals surface area (Å²) < 4.78 is 0. The fraction of sp³-hybridized carbons (Fsp3) is 0. The van der Waals surface area contributed by atoms with E-state index in [-0.39, 0.29) is 17.5 Å². The lowest BCUT2D eigenvalue weighted by Crippen LogP contribution is -2.12. The second kappa shape index (κ2) is 2.96. The molecule has 8 heteroatoms. The van der Waals surface area contributed by atoms with E-state index < -0.39 is 4.92 Å². The first-order valence-corrected chi connectivity index (χ1v) is 2.88. The first-order chi connectivity index (χ1) is 5.65. The van der Waals surface area contributed by atoms with Crippen LogP contribution < -0.4 is 17.0 Å². The predicted molar refractivity (Wildman–Crippen MR) is 40.9 cm³/mol. The molecule has 0 aliphatic rings. The molecule has 8 nitrogen and oxygen atoms in total. The van der Waals surface area contributed by atoms with Crippen molar-refractivity contribution in [3.05, 3.63) is 16.3 Å². The van der Waals surface area contributed by atoms with E-state index in [0.29, 0.717) is 0 Å². The zero-order chi connectivity index (χ0) is 9.14. The van der Waals surface area contributed by atoms with Gasteiger partial charge >= 0.3 is 5.69 Å². The van der Waals surface area contributed by atoms with Crippen LogP contribution in [0, 0.1) is 10.1 Å². The highest BCUT2D eigenvalue weighted by Crippen LogP contribution is 2.17. The molecule has 12 heavy (non-hydrogen) atoms. The zero-order valence-electron chi connectivity index (χ0n) is 5.89. The summed E-state index contributed by atoms with van der Waals surface area (Å²) in [6.45, 7) is 0. The molecule has 1 rings (SSSR count). The van der Waals surface area contributed by atoms with E-state index in [1.807, 2.05) is 0 Å². The van der Waals surface area contributed by atoms with Crippen LogP contribution in [0.3, 0.4) is 0 Å². The molecule has 0 fully saturated rings. The molecule has 0 aromatic carbocycles. The maximum Gasteiger partial charge on any atom is 0.329 e. The summed E-state index contributed by atoms with van der Waals surface area (Å²) in [6.07, 6.45) is 0.984. The van der Waals surface area contributed by atoms with Gasteiger partial charge in [-0.1, -0.05) is 0 Å². The highest BCUT2D eigenvalue weighted by atomic mass is 16.6. The molecule has 0 aliphatic heterocycles. The lowest BCUT2D eigenvalue weighted by Gasteiger charge is -1.98. The average molecular weight is 170 g/mol. The van der Waals surface area contributed by atoms with Gasteiger partial charge in [-0.25, -0.2) is 10.8 Å². The number of hydrogen-bond acceptors (Lipinski definition) is 7. The van der Waals surface area contributed by atoms with Crippen LogP contribution in [0.4, 0.5) is 17.5 Å². The number of nitrogen functional groups attached to an aromatic ring is 2. The molecule has 0 radical (unpaired) electrons. The Bertz CT molecular complexity index is 312. The molecule has 5 N–H and O–H groups in total. The third kappa shape index (κ3) is 1.37. The number of nitrogens with zero attached hydrogens (tertiary/aromatic N) is 3. The van der Waals surface area contributed by atoms with E-state index >= 15 is 0 Å². The number of aromatic nitrogens is 2. The summed E-state index contributed by atoms with van der Waals surface area (Å²) in [5.41, 5.74) is 6.98. The second-order valence-electron chi connectivity index (χ2n) is 1.87. The highest BCUT2D eigenvalue weighted by Gasteiger charge is 2.13. The number of nitro groups is 1. The van der Waals surface area contributed by atoms with Crippen molar-refractivity contribution in [3.8, 4) is 0 Å². The van der Waals surface area contributed by atoms with Gasteiger partial charge in [-0.2, -0.15) is 4.98 Å². The molecular weight excluding hydrogens is 164 g/mol. The van der Waals surface area contributed by atoms with Crippen LogP contribution in [0.25, 0.3) is 0 Å². The molecule has 0 saturated carbocycles. The van der Waals surface area contributed by atoms with Crippen molar-refractivity contribution in [2.24, 2.45) is 5.84 Å². The van der Waals surface area contributed by atoms with Crippen molar-refractivity contribution in [3.63, 3.8) is 0 Å². The minimum absolute atomic E-state index is 0.0399. The Labute approximate surface area is 66.7 Å². The first-order valence-electron chi connectivity index (χ1n) is 2.88. The Morgan fingerprint density at radius 1 is 1.67 bits per heavy atom. The Balaban J connectivity index is 3.12. The first kappa shape index (κ1) is 8.14. The zero-order valence-corrected chi connectivity index (χ0v) is 5.89. The Morgan fingerprint density at radius 3 is 2.75 bits per heavy atom. The maximum atomic E-state index is 10.2. The van der Waals surface area contributed by atoms with E-state index in [4.69, 9.17) is 11.6 Å². The predicted octanol–water partition coefficient (Wildman–Crippen LogP) is -0.747. The SMILES string of the molecule is NNc1ncc([N+](=O)[O-])c(N)n1. The maximum absolute atomic E-state index is 10.2. The van der Waals surface area contributed by atoms with Crippen molar-refractivity contribution in [2.75, 3.05) is 11.2 Å². The van der Waals surface area contributed by atoms with Crippen molar-refractivity contribution >= 4 is 17.5 Å². The van der Waals surface area contributed by atoms with Gasteiger partial charge in [-0.3, -0.25) is 15.5 Å². The molecule has 1 heterocycles. The standard InChI is InChI=1S/C4H6N6O2/c5-3-2(10(11)12)1-7-4(8-3)9-6/h1H,6H2,(H3,5,7,8,9). The molecule has 0 atom stereocenters. The molecule has 1 aromatic heterocycles. The van der Waals surface area contributed by atoms with E-state index in [2.05, 4.69) is 15.4 Å². The molecule has 0 spiro atoms. The number of rotatable bonds is 2. The number of hydrogen-bond donors (Lipinski definition) is 3. The van der Waals surface area contributed by atoms with Gasteiger partial charge < -0.3 is 5.73 Å². The van der Waals surface area contributed by atoms with Gasteiger partial charge in [0, 0.05) is 0 Å². The lowest BCUT2D eigenvalue weighted by molar-refractivity contribution is -0.384. The van der Waals surface area contributed by atoms with Gasteiger partial charge in [0.15, 0.2) is 0 Å². The van der Waals surface area contributed by atoms with Crippen LogP contribution in [-0.2, 0) is 0 Å². The molecule has 64 valence electrons. The molecular formula is C4H6N6O2. The van der Waals surface area contributed by atoms with Crippen LogP contribution in [0.15, 0.2) is 6.20 Å². The van der Waals surface area contributed by atoms with Crippen molar-refractivity contribution in [2.45, 2.75) is 0 Å². The molecule has 0 unspecified atom stereocenters. The van der Waals surface area contributed by atoms with E-state index in [0.717, 1.165) is 6.20 Å². The summed E-state index contributed by atoms with van der Waals surface area (Å²) in [4.78, 5) is 16.6. The van der Waals surface area contributed by atoms with Crippen LogP contribution in [-0.4, -0.2) is 14.9 Å². The Hall–Kier alpha value is -1.96. The van der Waals surface area contributed by atoms with E-state index in [1.54, 1.807) is 0 Å². The summed E-state index contributed by atoms with van der Waals surface area (Å²) >= 11 is 0. The molecule has 0 aliphatic carbocycles. The fourth-order valence-corrected chi connectivity index (χ4v) is 0.599. The van der Waals surface area contributed by atoms with E-state index in [1.165, 1.54) is 0 Å². The lowest BCUT2D eigenvalue weighted by atomic mass is 10.5. The third-order valence-electron chi connectivity index (χ3n) is 1.12.